The molecular formula is C27H18N2O9. The van der Waals surface area contributed by atoms with Crippen molar-refractivity contribution >= 4 is 35.0 Å². The van der Waals surface area contributed by atoms with Crippen molar-refractivity contribution in [2.24, 2.45) is 0 Å². The number of carbonyl (C=O) groups is 4. The summed E-state index contributed by atoms with van der Waals surface area (Å²) in [4.78, 5) is 59.9. The van der Waals surface area contributed by atoms with Crippen LogP contribution in [0.1, 0.15) is 41.6 Å². The second kappa shape index (κ2) is 11.4. The van der Waals surface area contributed by atoms with E-state index >= 15 is 0 Å². The minimum atomic E-state index is -0.845. The zero-order valence-corrected chi connectivity index (χ0v) is 19.5. The summed E-state index contributed by atoms with van der Waals surface area (Å²) in [5, 5.41) is 13.4. The van der Waals surface area contributed by atoms with Gasteiger partial charge in [-0.3, -0.25) is 19.7 Å². The Morgan fingerprint density at radius 3 is 2.16 bits per heavy atom. The van der Waals surface area contributed by atoms with Gasteiger partial charge in [-0.1, -0.05) is 12.1 Å². The highest BCUT2D eigenvalue weighted by molar-refractivity contribution is 6.08. The van der Waals surface area contributed by atoms with E-state index in [-0.39, 0.29) is 39.6 Å². The van der Waals surface area contributed by atoms with Crippen molar-refractivity contribution in [3.05, 3.63) is 124 Å². The number of amides is 1. The number of para-hydroxylation sites is 1. The fraction of sp³-hybridized carbons (Fsp3) is 0.0370. The van der Waals surface area contributed by atoms with Crippen molar-refractivity contribution in [1.82, 2.24) is 0 Å². The number of ether oxygens (including phenoxy) is 2. The van der Waals surface area contributed by atoms with Gasteiger partial charge in [-0.05, 0) is 60.7 Å². The number of carbonyl (C=O) groups excluding carboxylic acids is 4. The summed E-state index contributed by atoms with van der Waals surface area (Å²) in [6, 6.07) is 19.7. The monoisotopic (exact) mass is 514 g/mol. The number of furan rings is 1. The Kier molecular flexibility index (Phi) is 7.68. The molecule has 3 aromatic carbocycles. The lowest BCUT2D eigenvalue weighted by Gasteiger charge is -2.11. The van der Waals surface area contributed by atoms with Crippen LogP contribution in [0.3, 0.4) is 0 Å². The van der Waals surface area contributed by atoms with E-state index in [2.05, 4.69) is 5.32 Å². The number of anilines is 1. The van der Waals surface area contributed by atoms with Crippen LogP contribution < -0.4 is 10.1 Å². The summed E-state index contributed by atoms with van der Waals surface area (Å²) in [6.07, 6.45) is 1.34. The average Bonchev–Trinajstić information content (AvgIpc) is 3.48. The Labute approximate surface area is 214 Å². The Hall–Kier alpha value is -5.58. The van der Waals surface area contributed by atoms with Gasteiger partial charge in [0.1, 0.15) is 5.75 Å². The molecule has 0 atom stereocenters. The van der Waals surface area contributed by atoms with Crippen molar-refractivity contribution in [3.63, 3.8) is 0 Å². The SMILES string of the molecule is O=C(COC(=O)c1ccccc1NC(=O)c1ccc([N+](=O)[O-])cc1)c1ccc(OC(=O)c2ccco2)cc1. The van der Waals surface area contributed by atoms with E-state index in [0.717, 1.165) is 0 Å². The third kappa shape index (κ3) is 6.15. The Bertz CT molecular complexity index is 1490. The van der Waals surface area contributed by atoms with Gasteiger partial charge in [0.05, 0.1) is 22.4 Å². The fourth-order valence-electron chi connectivity index (χ4n) is 3.25. The molecule has 0 aliphatic heterocycles. The highest BCUT2D eigenvalue weighted by atomic mass is 16.6. The number of hydrogen-bond donors (Lipinski definition) is 1. The number of ketones is 1. The average molecular weight is 514 g/mol. The molecular weight excluding hydrogens is 496 g/mol. The molecule has 0 aliphatic carbocycles. The maximum Gasteiger partial charge on any atom is 0.379 e. The van der Waals surface area contributed by atoms with Crippen LogP contribution in [-0.2, 0) is 4.74 Å². The number of hydrogen-bond acceptors (Lipinski definition) is 9. The highest BCUT2D eigenvalue weighted by Crippen LogP contribution is 2.20. The van der Waals surface area contributed by atoms with E-state index in [1.165, 1.54) is 73.0 Å². The molecule has 11 heteroatoms. The minimum Gasteiger partial charge on any atom is -0.457 e. The number of benzene rings is 3. The molecule has 190 valence electrons. The van der Waals surface area contributed by atoms with Crippen LogP contribution in [0, 0.1) is 10.1 Å². The normalized spacial score (nSPS) is 10.3. The Morgan fingerprint density at radius 2 is 1.50 bits per heavy atom. The zero-order valence-electron chi connectivity index (χ0n) is 19.5. The van der Waals surface area contributed by atoms with E-state index in [9.17, 15) is 29.3 Å². The van der Waals surface area contributed by atoms with Crippen LogP contribution in [0.15, 0.2) is 95.6 Å². The first-order valence-corrected chi connectivity index (χ1v) is 11.0. The van der Waals surface area contributed by atoms with Crippen LogP contribution in [0.4, 0.5) is 11.4 Å². The number of non-ortho nitro benzene ring substituents is 1. The summed E-state index contributed by atoms with van der Waals surface area (Å²) in [5.41, 5.74) is 0.342. The number of Topliss-reactive ketones (excluding diaryl/α,β-unsaturated/α-hetero) is 1. The topological polar surface area (TPSA) is 155 Å². The van der Waals surface area contributed by atoms with Crippen molar-refractivity contribution < 1.29 is 38.0 Å². The van der Waals surface area contributed by atoms with Crippen LogP contribution in [0.2, 0.25) is 0 Å². The third-order valence-corrected chi connectivity index (χ3v) is 5.18. The molecule has 4 aromatic rings. The second-order valence-corrected chi connectivity index (χ2v) is 7.69. The van der Waals surface area contributed by atoms with Gasteiger partial charge in [0.15, 0.2) is 12.4 Å². The summed E-state index contributed by atoms with van der Waals surface area (Å²) in [6.45, 7) is -0.574. The van der Waals surface area contributed by atoms with Gasteiger partial charge in [-0.2, -0.15) is 0 Å². The first kappa shape index (κ1) is 25.5. The molecule has 0 spiro atoms. The molecule has 0 saturated carbocycles. The summed E-state index contributed by atoms with van der Waals surface area (Å²) < 4.78 is 15.3. The van der Waals surface area contributed by atoms with E-state index in [1.54, 1.807) is 18.2 Å². The molecule has 38 heavy (non-hydrogen) atoms. The van der Waals surface area contributed by atoms with Crippen molar-refractivity contribution in [2.45, 2.75) is 0 Å². The van der Waals surface area contributed by atoms with E-state index in [4.69, 9.17) is 13.9 Å². The molecule has 4 rings (SSSR count). The zero-order chi connectivity index (χ0) is 27.1. The van der Waals surface area contributed by atoms with E-state index in [1.807, 2.05) is 0 Å². The molecule has 1 aromatic heterocycles. The van der Waals surface area contributed by atoms with Gasteiger partial charge < -0.3 is 19.2 Å². The molecule has 0 aliphatic rings. The van der Waals surface area contributed by atoms with Crippen LogP contribution in [-0.4, -0.2) is 35.2 Å². The third-order valence-electron chi connectivity index (χ3n) is 5.18. The van der Waals surface area contributed by atoms with Crippen LogP contribution in [0.25, 0.3) is 0 Å². The first-order chi connectivity index (χ1) is 18.3. The van der Waals surface area contributed by atoms with Crippen molar-refractivity contribution in [2.75, 3.05) is 11.9 Å². The summed E-state index contributed by atoms with van der Waals surface area (Å²) >= 11 is 0. The lowest BCUT2D eigenvalue weighted by molar-refractivity contribution is -0.384. The Morgan fingerprint density at radius 1 is 0.816 bits per heavy atom. The molecule has 0 saturated heterocycles. The van der Waals surface area contributed by atoms with Gasteiger partial charge in [0, 0.05) is 23.3 Å². The largest absolute Gasteiger partial charge is 0.457 e. The summed E-state index contributed by atoms with van der Waals surface area (Å²) in [5.74, 6) is -2.41. The highest BCUT2D eigenvalue weighted by Gasteiger charge is 2.18. The number of nitrogens with one attached hydrogen (secondary N) is 1. The van der Waals surface area contributed by atoms with E-state index in [0.29, 0.717) is 0 Å². The Balaban J connectivity index is 1.35. The maximum atomic E-state index is 12.7. The molecule has 1 heterocycles. The lowest BCUT2D eigenvalue weighted by atomic mass is 10.1. The number of nitrogens with zero attached hydrogens (tertiary/aromatic N) is 1. The maximum absolute atomic E-state index is 12.7. The predicted octanol–water partition coefficient (Wildman–Crippen LogP) is 4.70. The number of esters is 2. The predicted molar refractivity (Wildman–Crippen MR) is 132 cm³/mol. The fourth-order valence-corrected chi connectivity index (χ4v) is 3.25. The smallest absolute Gasteiger partial charge is 0.379 e. The molecule has 1 amide bonds. The standard InChI is InChI=1S/C27H18N2O9/c30-23(17-9-13-20(14-10-17)38-27(33)24-6-3-15-36-24)16-37-26(32)21-4-1-2-5-22(21)28-25(31)18-7-11-19(12-8-18)29(34)35/h1-15H,16H2,(H,28,31). The van der Waals surface area contributed by atoms with E-state index < -0.39 is 35.2 Å². The van der Waals surface area contributed by atoms with Gasteiger partial charge in [0.25, 0.3) is 11.6 Å². The first-order valence-electron chi connectivity index (χ1n) is 11.0. The van der Waals surface area contributed by atoms with Gasteiger partial charge in [-0.25, -0.2) is 9.59 Å². The molecule has 0 fully saturated rings. The lowest BCUT2D eigenvalue weighted by Crippen LogP contribution is -2.18. The second-order valence-electron chi connectivity index (χ2n) is 7.69. The van der Waals surface area contributed by atoms with Crippen LogP contribution in [0.5, 0.6) is 5.75 Å². The molecule has 0 unspecified atom stereocenters. The van der Waals surface area contributed by atoms with Gasteiger partial charge in [-0.15, -0.1) is 0 Å². The van der Waals surface area contributed by atoms with Gasteiger partial charge in [0.2, 0.25) is 5.76 Å². The molecule has 1 N–H and O–H groups in total. The minimum absolute atomic E-state index is 0.00995. The number of rotatable bonds is 9. The molecule has 11 nitrogen and oxygen atoms in total. The van der Waals surface area contributed by atoms with Crippen molar-refractivity contribution in [3.8, 4) is 5.75 Å². The number of nitro benzene ring substituents is 1. The van der Waals surface area contributed by atoms with Crippen LogP contribution >= 0.6 is 0 Å². The van der Waals surface area contributed by atoms with Gasteiger partial charge >= 0.3 is 11.9 Å². The van der Waals surface area contributed by atoms with Crippen molar-refractivity contribution in [1.29, 1.82) is 0 Å². The quantitative estimate of drug-likeness (QED) is 0.110. The number of nitro groups is 1. The molecule has 0 radical (unpaired) electrons. The molecule has 0 bridgehead atoms. The summed E-state index contributed by atoms with van der Waals surface area (Å²) in [7, 11) is 0.